The fourth-order valence-corrected chi connectivity index (χ4v) is 4.91. The Morgan fingerprint density at radius 3 is 2.63 bits per heavy atom. The van der Waals surface area contributed by atoms with E-state index < -0.39 is 0 Å². The van der Waals surface area contributed by atoms with Gasteiger partial charge in [0.05, 0.1) is 31.2 Å². The fourth-order valence-electron chi connectivity index (χ4n) is 4.91. The Morgan fingerprint density at radius 2 is 1.83 bits per heavy atom. The summed E-state index contributed by atoms with van der Waals surface area (Å²) in [5.41, 5.74) is 10.4. The minimum absolute atomic E-state index is 0.257. The lowest BCUT2D eigenvalue weighted by molar-refractivity contribution is 0.0342. The standard InChI is InChI=1S/C27H29N5O3/c28-26-25-24(16-32(21-8-11-34-17-21)27(25)30-18-29-26)20-4-6-22(7-5-20)35-23-3-1-2-19(14-23)15-31-9-12-33-13-10-31/h1-7,14,16,18,21H,8-13,15,17H2,(H2,28,29,30). The maximum Gasteiger partial charge on any atom is 0.146 e. The zero-order valence-electron chi connectivity index (χ0n) is 19.6. The van der Waals surface area contributed by atoms with Gasteiger partial charge < -0.3 is 24.5 Å². The Hall–Kier alpha value is -3.46. The average molecular weight is 472 g/mol. The van der Waals surface area contributed by atoms with Crippen LogP contribution in [-0.2, 0) is 16.0 Å². The summed E-state index contributed by atoms with van der Waals surface area (Å²) in [7, 11) is 0. The number of morpholine rings is 1. The van der Waals surface area contributed by atoms with Gasteiger partial charge in [0.1, 0.15) is 29.3 Å². The molecular weight excluding hydrogens is 442 g/mol. The van der Waals surface area contributed by atoms with Crippen molar-refractivity contribution in [3.63, 3.8) is 0 Å². The minimum Gasteiger partial charge on any atom is -0.457 e. The molecule has 8 heteroatoms. The summed E-state index contributed by atoms with van der Waals surface area (Å²) in [6, 6.07) is 16.6. The molecule has 4 aromatic rings. The van der Waals surface area contributed by atoms with Crippen LogP contribution < -0.4 is 10.5 Å². The molecule has 180 valence electrons. The summed E-state index contributed by atoms with van der Waals surface area (Å²) < 4.78 is 19.4. The molecule has 0 bridgehead atoms. The Labute approximate surface area is 204 Å². The van der Waals surface area contributed by atoms with Crippen LogP contribution in [0.4, 0.5) is 5.82 Å². The predicted octanol–water partition coefficient (Wildman–Crippen LogP) is 4.27. The summed E-state index contributed by atoms with van der Waals surface area (Å²) in [5.74, 6) is 2.11. The van der Waals surface area contributed by atoms with Gasteiger partial charge in [-0.3, -0.25) is 4.90 Å². The lowest BCUT2D eigenvalue weighted by atomic mass is 10.1. The molecule has 1 atom stereocenters. The van der Waals surface area contributed by atoms with Crippen molar-refractivity contribution in [3.8, 4) is 22.6 Å². The first-order chi connectivity index (χ1) is 17.2. The van der Waals surface area contributed by atoms with Crippen LogP contribution >= 0.6 is 0 Å². The third-order valence-electron chi connectivity index (χ3n) is 6.75. The van der Waals surface area contributed by atoms with Crippen LogP contribution in [0.25, 0.3) is 22.2 Å². The third kappa shape index (κ3) is 4.60. The van der Waals surface area contributed by atoms with Gasteiger partial charge in [-0.15, -0.1) is 0 Å². The first kappa shape index (κ1) is 22.0. The van der Waals surface area contributed by atoms with Crippen LogP contribution in [0, 0.1) is 0 Å². The number of benzene rings is 2. The maximum absolute atomic E-state index is 6.29. The van der Waals surface area contributed by atoms with Crippen molar-refractivity contribution in [3.05, 3.63) is 66.6 Å². The first-order valence-electron chi connectivity index (χ1n) is 12.1. The van der Waals surface area contributed by atoms with Crippen LogP contribution in [0.15, 0.2) is 61.1 Å². The first-order valence-corrected chi connectivity index (χ1v) is 12.1. The second-order valence-corrected chi connectivity index (χ2v) is 9.09. The molecule has 1 unspecified atom stereocenters. The normalized spacial score (nSPS) is 18.8. The average Bonchev–Trinajstić information content (AvgIpc) is 3.54. The molecule has 6 rings (SSSR count). The number of aromatic nitrogens is 3. The summed E-state index contributed by atoms with van der Waals surface area (Å²) >= 11 is 0. The molecule has 2 aliphatic rings. The van der Waals surface area contributed by atoms with Crippen LogP contribution in [0.5, 0.6) is 11.5 Å². The van der Waals surface area contributed by atoms with Gasteiger partial charge >= 0.3 is 0 Å². The zero-order valence-corrected chi connectivity index (χ0v) is 19.6. The second-order valence-electron chi connectivity index (χ2n) is 9.09. The molecule has 0 spiro atoms. The molecule has 2 aromatic heterocycles. The highest BCUT2D eigenvalue weighted by atomic mass is 16.5. The van der Waals surface area contributed by atoms with E-state index in [1.54, 1.807) is 0 Å². The van der Waals surface area contributed by atoms with E-state index in [0.717, 1.165) is 79.5 Å². The van der Waals surface area contributed by atoms with Crippen LogP contribution in [0.1, 0.15) is 18.0 Å². The smallest absolute Gasteiger partial charge is 0.146 e. The molecule has 2 fully saturated rings. The largest absolute Gasteiger partial charge is 0.457 e. The Balaban J connectivity index is 1.23. The van der Waals surface area contributed by atoms with E-state index in [4.69, 9.17) is 19.9 Å². The highest BCUT2D eigenvalue weighted by Crippen LogP contribution is 2.36. The number of rotatable bonds is 6. The van der Waals surface area contributed by atoms with Gasteiger partial charge in [-0.05, 0) is 41.8 Å². The molecule has 35 heavy (non-hydrogen) atoms. The summed E-state index contributed by atoms with van der Waals surface area (Å²) in [6.07, 6.45) is 4.61. The quantitative estimate of drug-likeness (QED) is 0.449. The lowest BCUT2D eigenvalue weighted by Gasteiger charge is -2.26. The van der Waals surface area contributed by atoms with Crippen LogP contribution in [0.2, 0.25) is 0 Å². The monoisotopic (exact) mass is 471 g/mol. The van der Waals surface area contributed by atoms with Crippen LogP contribution in [-0.4, -0.2) is 59.0 Å². The fraction of sp³-hybridized carbons (Fsp3) is 0.333. The number of nitrogens with two attached hydrogens (primary N) is 1. The molecule has 2 aliphatic heterocycles. The highest BCUT2D eigenvalue weighted by Gasteiger charge is 2.23. The number of anilines is 1. The van der Waals surface area contributed by atoms with Gasteiger partial charge in [0.15, 0.2) is 0 Å². The Morgan fingerprint density at radius 1 is 0.971 bits per heavy atom. The zero-order chi connectivity index (χ0) is 23.6. The summed E-state index contributed by atoms with van der Waals surface area (Å²) in [6.45, 7) is 5.88. The minimum atomic E-state index is 0.257. The van der Waals surface area contributed by atoms with E-state index >= 15 is 0 Å². The number of nitrogens with zero attached hydrogens (tertiary/aromatic N) is 4. The molecular formula is C27H29N5O3. The molecule has 0 radical (unpaired) electrons. The predicted molar refractivity (Wildman–Crippen MR) is 134 cm³/mol. The molecule has 4 heterocycles. The Bertz CT molecular complexity index is 1310. The number of fused-ring (bicyclic) bond motifs is 1. The third-order valence-corrected chi connectivity index (χ3v) is 6.75. The van der Waals surface area contributed by atoms with E-state index in [0.29, 0.717) is 12.4 Å². The molecule has 8 nitrogen and oxygen atoms in total. The number of hydrogen-bond acceptors (Lipinski definition) is 7. The van der Waals surface area contributed by atoms with Crippen molar-refractivity contribution in [2.24, 2.45) is 0 Å². The van der Waals surface area contributed by atoms with E-state index in [1.807, 2.05) is 24.3 Å². The van der Waals surface area contributed by atoms with Gasteiger partial charge in [-0.1, -0.05) is 24.3 Å². The van der Waals surface area contributed by atoms with Gasteiger partial charge in [0, 0.05) is 38.0 Å². The van der Waals surface area contributed by atoms with Crippen molar-refractivity contribution in [2.75, 3.05) is 45.3 Å². The van der Waals surface area contributed by atoms with Crippen molar-refractivity contribution >= 4 is 16.9 Å². The van der Waals surface area contributed by atoms with Gasteiger partial charge in [-0.25, -0.2) is 9.97 Å². The molecule has 2 aromatic carbocycles. The van der Waals surface area contributed by atoms with E-state index in [1.165, 1.54) is 11.9 Å². The van der Waals surface area contributed by atoms with Crippen molar-refractivity contribution in [2.45, 2.75) is 19.0 Å². The molecule has 0 amide bonds. The molecule has 2 saturated heterocycles. The summed E-state index contributed by atoms with van der Waals surface area (Å²) in [4.78, 5) is 11.2. The van der Waals surface area contributed by atoms with Gasteiger partial charge in [-0.2, -0.15) is 0 Å². The molecule has 2 N–H and O–H groups in total. The SMILES string of the molecule is Nc1ncnc2c1c(-c1ccc(Oc3cccc(CN4CCOCC4)c3)cc1)cn2C1CCOC1. The van der Waals surface area contributed by atoms with Crippen LogP contribution in [0.3, 0.4) is 0 Å². The van der Waals surface area contributed by atoms with Crippen molar-refractivity contribution < 1.29 is 14.2 Å². The lowest BCUT2D eigenvalue weighted by Crippen LogP contribution is -2.35. The Kier molecular flexibility index (Phi) is 6.08. The number of nitrogen functional groups attached to an aromatic ring is 1. The second kappa shape index (κ2) is 9.65. The maximum atomic E-state index is 6.29. The van der Waals surface area contributed by atoms with E-state index in [2.05, 4.69) is 49.9 Å². The van der Waals surface area contributed by atoms with E-state index in [9.17, 15) is 0 Å². The molecule has 0 aliphatic carbocycles. The summed E-state index contributed by atoms with van der Waals surface area (Å²) in [5, 5.41) is 0.879. The molecule has 0 saturated carbocycles. The van der Waals surface area contributed by atoms with Crippen molar-refractivity contribution in [1.82, 2.24) is 19.4 Å². The topological polar surface area (TPSA) is 87.7 Å². The van der Waals surface area contributed by atoms with Crippen molar-refractivity contribution in [1.29, 1.82) is 0 Å². The number of hydrogen-bond donors (Lipinski definition) is 1. The van der Waals surface area contributed by atoms with Gasteiger partial charge in [0.2, 0.25) is 0 Å². The highest BCUT2D eigenvalue weighted by molar-refractivity contribution is 6.00. The van der Waals surface area contributed by atoms with E-state index in [-0.39, 0.29) is 6.04 Å². The van der Waals surface area contributed by atoms with Gasteiger partial charge in [0.25, 0.3) is 0 Å². The number of ether oxygens (including phenoxy) is 3.